The van der Waals surface area contributed by atoms with Crippen molar-refractivity contribution in [3.63, 3.8) is 0 Å². The van der Waals surface area contributed by atoms with Crippen molar-refractivity contribution in [2.45, 2.75) is 25.4 Å². The highest BCUT2D eigenvalue weighted by molar-refractivity contribution is 6.30. The molecule has 1 amide bonds. The lowest BCUT2D eigenvalue weighted by Gasteiger charge is -2.26. The minimum Gasteiger partial charge on any atom is -0.456 e. The van der Waals surface area contributed by atoms with Crippen molar-refractivity contribution in [1.82, 2.24) is 24.6 Å². The number of pyridine rings is 1. The second kappa shape index (κ2) is 8.92. The predicted molar refractivity (Wildman–Crippen MR) is 122 cm³/mol. The third kappa shape index (κ3) is 4.49. The van der Waals surface area contributed by atoms with Gasteiger partial charge >= 0.3 is 6.03 Å². The van der Waals surface area contributed by atoms with Crippen molar-refractivity contribution < 1.29 is 9.53 Å². The number of carbonyl (C=O) groups is 1. The Morgan fingerprint density at radius 2 is 1.88 bits per heavy atom. The van der Waals surface area contributed by atoms with E-state index in [1.807, 2.05) is 29.2 Å². The SMILES string of the molecule is CN(Cc1ccc(Oc2cccnc2)cc1)[C@@H]1C[C@@H]2CN(C(=O)n3cc(Cl)cn3)C[C@@H]2C1. The van der Waals surface area contributed by atoms with Crippen LogP contribution in [-0.2, 0) is 6.54 Å². The van der Waals surface area contributed by atoms with E-state index in [1.54, 1.807) is 18.6 Å². The van der Waals surface area contributed by atoms with Crippen molar-refractivity contribution in [2.24, 2.45) is 11.8 Å². The van der Waals surface area contributed by atoms with Crippen LogP contribution >= 0.6 is 11.6 Å². The standard InChI is InChI=1S/C24H26ClN5O2/c1-28(13-17-4-6-22(7-5-17)32-23-3-2-8-26-12-23)21-9-18-14-29(15-19(18)10-21)24(31)30-16-20(25)11-27-30/h2-8,11-12,16,18-19,21H,9-10,13-15H2,1H3/t18-,19+,21-. The smallest absolute Gasteiger partial charge is 0.344 e. The van der Waals surface area contributed by atoms with Gasteiger partial charge in [0.15, 0.2) is 0 Å². The fourth-order valence-electron chi connectivity index (χ4n) is 4.96. The highest BCUT2D eigenvalue weighted by Crippen LogP contribution is 2.40. The lowest BCUT2D eigenvalue weighted by molar-refractivity contribution is 0.192. The molecule has 1 saturated carbocycles. The van der Waals surface area contributed by atoms with Crippen LogP contribution in [-0.4, -0.2) is 56.8 Å². The van der Waals surface area contributed by atoms with Gasteiger partial charge < -0.3 is 9.64 Å². The Balaban J connectivity index is 1.13. The summed E-state index contributed by atoms with van der Waals surface area (Å²) in [6, 6.07) is 12.5. The van der Waals surface area contributed by atoms with Crippen molar-refractivity contribution in [2.75, 3.05) is 20.1 Å². The second-order valence-electron chi connectivity index (χ2n) is 8.79. The Kier molecular flexibility index (Phi) is 5.85. The number of likely N-dealkylation sites (tertiary alicyclic amines) is 1. The minimum atomic E-state index is -0.0789. The molecule has 1 aromatic carbocycles. The third-order valence-electron chi connectivity index (χ3n) is 6.59. The first-order valence-electron chi connectivity index (χ1n) is 10.9. The average molecular weight is 452 g/mol. The molecule has 166 valence electrons. The number of fused-ring (bicyclic) bond motifs is 1. The molecule has 0 radical (unpaired) electrons. The fourth-order valence-corrected chi connectivity index (χ4v) is 5.09. The summed E-state index contributed by atoms with van der Waals surface area (Å²) in [6.07, 6.45) is 8.74. The molecule has 5 rings (SSSR count). The number of amides is 1. The maximum Gasteiger partial charge on any atom is 0.344 e. The number of aromatic nitrogens is 3. The molecule has 3 atom stereocenters. The monoisotopic (exact) mass is 451 g/mol. The van der Waals surface area contributed by atoms with E-state index in [0.717, 1.165) is 44.0 Å². The largest absolute Gasteiger partial charge is 0.456 e. The average Bonchev–Trinajstić information content (AvgIpc) is 3.50. The number of halogens is 1. The van der Waals surface area contributed by atoms with Crippen LogP contribution < -0.4 is 4.74 Å². The maximum absolute atomic E-state index is 12.6. The van der Waals surface area contributed by atoms with Crippen LogP contribution in [0.5, 0.6) is 11.5 Å². The van der Waals surface area contributed by atoms with Crippen LogP contribution in [0.1, 0.15) is 18.4 Å². The van der Waals surface area contributed by atoms with Crippen LogP contribution in [0, 0.1) is 11.8 Å². The van der Waals surface area contributed by atoms with E-state index in [9.17, 15) is 4.79 Å². The van der Waals surface area contributed by atoms with Gasteiger partial charge in [0.1, 0.15) is 11.5 Å². The number of benzene rings is 1. The number of hydrogen-bond acceptors (Lipinski definition) is 5. The lowest BCUT2D eigenvalue weighted by atomic mass is 10.0. The molecule has 7 nitrogen and oxygen atoms in total. The zero-order chi connectivity index (χ0) is 22.1. The molecule has 2 aromatic heterocycles. The predicted octanol–water partition coefficient (Wildman–Crippen LogP) is 4.53. The van der Waals surface area contributed by atoms with Crippen LogP contribution in [0.3, 0.4) is 0 Å². The van der Waals surface area contributed by atoms with Gasteiger partial charge in [0.25, 0.3) is 0 Å². The molecule has 1 aliphatic carbocycles. The van der Waals surface area contributed by atoms with E-state index < -0.39 is 0 Å². The molecule has 0 spiro atoms. The summed E-state index contributed by atoms with van der Waals surface area (Å²) in [4.78, 5) is 21.1. The highest BCUT2D eigenvalue weighted by atomic mass is 35.5. The van der Waals surface area contributed by atoms with Gasteiger partial charge in [-0.15, -0.1) is 0 Å². The molecule has 8 heteroatoms. The molecule has 32 heavy (non-hydrogen) atoms. The number of nitrogens with zero attached hydrogens (tertiary/aromatic N) is 5. The number of carbonyl (C=O) groups excluding carboxylic acids is 1. The van der Waals surface area contributed by atoms with Gasteiger partial charge in [0.2, 0.25) is 0 Å². The second-order valence-corrected chi connectivity index (χ2v) is 9.22. The third-order valence-corrected chi connectivity index (χ3v) is 6.79. The topological polar surface area (TPSA) is 63.5 Å². The molecule has 2 aliphatic rings. The number of rotatable bonds is 5. The Labute approximate surface area is 192 Å². The first kappa shape index (κ1) is 21.0. The van der Waals surface area contributed by atoms with E-state index in [0.29, 0.717) is 22.9 Å². The van der Waals surface area contributed by atoms with Gasteiger partial charge in [-0.1, -0.05) is 23.7 Å². The summed E-state index contributed by atoms with van der Waals surface area (Å²) in [6.45, 7) is 2.49. The molecule has 3 heterocycles. The fraction of sp³-hybridized carbons (Fsp3) is 0.375. The van der Waals surface area contributed by atoms with E-state index in [2.05, 4.69) is 34.2 Å². The Morgan fingerprint density at radius 3 is 2.50 bits per heavy atom. The zero-order valence-electron chi connectivity index (χ0n) is 18.0. The molecule has 0 unspecified atom stereocenters. The van der Waals surface area contributed by atoms with Gasteiger partial charge in [0, 0.05) is 31.9 Å². The lowest BCUT2D eigenvalue weighted by Crippen LogP contribution is -2.36. The molecule has 1 saturated heterocycles. The normalized spacial score (nSPS) is 22.3. The van der Waals surface area contributed by atoms with Crippen molar-refractivity contribution in [1.29, 1.82) is 0 Å². The van der Waals surface area contributed by atoms with Crippen molar-refractivity contribution in [3.05, 3.63) is 71.8 Å². The van der Waals surface area contributed by atoms with Gasteiger partial charge in [0.05, 0.1) is 23.6 Å². The zero-order valence-corrected chi connectivity index (χ0v) is 18.7. The maximum atomic E-state index is 12.6. The van der Waals surface area contributed by atoms with Crippen LogP contribution in [0.2, 0.25) is 5.02 Å². The summed E-state index contributed by atoms with van der Waals surface area (Å²) in [5, 5.41) is 4.53. The summed E-state index contributed by atoms with van der Waals surface area (Å²) >= 11 is 5.90. The van der Waals surface area contributed by atoms with Gasteiger partial charge in [-0.25, -0.2) is 4.79 Å². The Bertz CT molecular complexity index is 1060. The quantitative estimate of drug-likeness (QED) is 0.570. The Hall–Kier alpha value is -2.90. The molecule has 3 aromatic rings. The van der Waals surface area contributed by atoms with E-state index in [4.69, 9.17) is 16.3 Å². The molecule has 2 fully saturated rings. The first-order valence-corrected chi connectivity index (χ1v) is 11.3. The molecule has 0 bridgehead atoms. The van der Waals surface area contributed by atoms with Crippen LogP contribution in [0.25, 0.3) is 0 Å². The summed E-state index contributed by atoms with van der Waals surface area (Å²) in [5.74, 6) is 2.64. The van der Waals surface area contributed by atoms with Crippen LogP contribution in [0.4, 0.5) is 4.79 Å². The molecule has 0 N–H and O–H groups in total. The highest BCUT2D eigenvalue weighted by Gasteiger charge is 2.43. The molecular formula is C24H26ClN5O2. The van der Waals surface area contributed by atoms with Gasteiger partial charge in [-0.05, 0) is 61.6 Å². The Morgan fingerprint density at radius 1 is 1.12 bits per heavy atom. The van der Waals surface area contributed by atoms with Crippen molar-refractivity contribution >= 4 is 17.6 Å². The minimum absolute atomic E-state index is 0.0789. The molecular weight excluding hydrogens is 426 g/mol. The van der Waals surface area contributed by atoms with E-state index >= 15 is 0 Å². The summed E-state index contributed by atoms with van der Waals surface area (Å²) < 4.78 is 7.17. The number of hydrogen-bond donors (Lipinski definition) is 0. The summed E-state index contributed by atoms with van der Waals surface area (Å²) in [5.41, 5.74) is 1.26. The van der Waals surface area contributed by atoms with E-state index in [1.165, 1.54) is 16.4 Å². The van der Waals surface area contributed by atoms with E-state index in [-0.39, 0.29) is 6.03 Å². The van der Waals surface area contributed by atoms with Gasteiger partial charge in [-0.2, -0.15) is 9.78 Å². The van der Waals surface area contributed by atoms with Crippen molar-refractivity contribution in [3.8, 4) is 11.5 Å². The first-order chi connectivity index (χ1) is 15.5. The van der Waals surface area contributed by atoms with Crippen LogP contribution in [0.15, 0.2) is 61.2 Å². The van der Waals surface area contributed by atoms with Gasteiger partial charge in [-0.3, -0.25) is 9.88 Å². The molecule has 1 aliphatic heterocycles. The summed E-state index contributed by atoms with van der Waals surface area (Å²) in [7, 11) is 2.19. The number of ether oxygens (including phenoxy) is 1.